The molecule has 1 atom stereocenters. The van der Waals surface area contributed by atoms with Crippen molar-refractivity contribution in [2.45, 2.75) is 26.3 Å². The summed E-state index contributed by atoms with van der Waals surface area (Å²) in [7, 11) is 4.00. The van der Waals surface area contributed by atoms with Crippen LogP contribution in [0.1, 0.15) is 20.3 Å². The number of likely N-dealkylation sites (N-methyl/N-ethyl adjacent to an activating group) is 1. The Balaban J connectivity index is 4.57. The van der Waals surface area contributed by atoms with E-state index in [1.54, 1.807) is 0 Å². The van der Waals surface area contributed by atoms with Gasteiger partial charge in [0.2, 0.25) is 5.96 Å². The Hall–Kier alpha value is -1.30. The molecule has 94 valence electrons. The van der Waals surface area contributed by atoms with Crippen LogP contribution in [0.3, 0.4) is 0 Å². The number of rotatable bonds is 5. The van der Waals surface area contributed by atoms with Gasteiger partial charge in [0.05, 0.1) is 6.04 Å². The first-order valence-electron chi connectivity index (χ1n) is 5.39. The van der Waals surface area contributed by atoms with Crippen molar-refractivity contribution in [2.24, 2.45) is 33.1 Å². The van der Waals surface area contributed by atoms with E-state index in [-0.39, 0.29) is 18.0 Å². The van der Waals surface area contributed by atoms with Gasteiger partial charge in [-0.25, -0.2) is 4.99 Å². The molecule has 0 bridgehead atoms. The second-order valence-corrected chi connectivity index (χ2v) is 4.57. The summed E-state index contributed by atoms with van der Waals surface area (Å²) in [5.74, 6) is 0.641. The lowest BCUT2D eigenvalue weighted by molar-refractivity contribution is 0.345. The summed E-state index contributed by atoms with van der Waals surface area (Å²) in [6.45, 7) is 5.13. The summed E-state index contributed by atoms with van der Waals surface area (Å²) >= 11 is 0. The third-order valence-electron chi connectivity index (χ3n) is 1.88. The Labute approximate surface area is 97.6 Å². The molecule has 0 aliphatic carbocycles. The SMILES string of the molecule is CC(C)CC(CN(C)C)N=C(N)N=C(N)N. The molecule has 16 heavy (non-hydrogen) atoms. The highest BCUT2D eigenvalue weighted by atomic mass is 15.1. The van der Waals surface area contributed by atoms with Crippen molar-refractivity contribution in [2.75, 3.05) is 20.6 Å². The minimum absolute atomic E-state index is 0.0607. The standard InChI is InChI=1S/C10H24N6/c1-7(2)5-8(6-16(3)4)14-10(13)15-9(11)12/h7-8H,5-6H2,1-4H3,(H6,11,12,13,14,15). The van der Waals surface area contributed by atoms with Gasteiger partial charge in [0.1, 0.15) is 0 Å². The molecule has 0 saturated heterocycles. The highest BCUT2D eigenvalue weighted by molar-refractivity contribution is 5.92. The van der Waals surface area contributed by atoms with Crippen LogP contribution in [0, 0.1) is 5.92 Å². The topological polar surface area (TPSA) is 106 Å². The lowest BCUT2D eigenvalue weighted by Crippen LogP contribution is -2.30. The van der Waals surface area contributed by atoms with E-state index in [9.17, 15) is 0 Å². The molecule has 0 aromatic heterocycles. The molecule has 0 rings (SSSR count). The van der Waals surface area contributed by atoms with E-state index in [2.05, 4.69) is 28.7 Å². The molecule has 0 spiro atoms. The fourth-order valence-electron chi connectivity index (χ4n) is 1.48. The van der Waals surface area contributed by atoms with E-state index < -0.39 is 0 Å². The normalized spacial score (nSPS) is 14.2. The summed E-state index contributed by atoms with van der Waals surface area (Å²) in [6, 6.07) is 0.123. The van der Waals surface area contributed by atoms with Crippen molar-refractivity contribution in [3.8, 4) is 0 Å². The highest BCUT2D eigenvalue weighted by Gasteiger charge is 2.11. The summed E-state index contributed by atoms with van der Waals surface area (Å²) in [6.07, 6.45) is 0.957. The molecule has 0 aromatic rings. The van der Waals surface area contributed by atoms with Gasteiger partial charge in [-0.3, -0.25) is 0 Å². The van der Waals surface area contributed by atoms with Gasteiger partial charge in [-0.15, -0.1) is 0 Å². The third-order valence-corrected chi connectivity index (χ3v) is 1.88. The largest absolute Gasteiger partial charge is 0.370 e. The first-order chi connectivity index (χ1) is 7.31. The molecule has 0 aliphatic rings. The predicted octanol–water partition coefficient (Wildman–Crippen LogP) is -0.449. The van der Waals surface area contributed by atoms with Crippen molar-refractivity contribution in [1.29, 1.82) is 0 Å². The Morgan fingerprint density at radius 3 is 2.12 bits per heavy atom. The van der Waals surface area contributed by atoms with Crippen LogP contribution in [0.15, 0.2) is 9.98 Å². The smallest absolute Gasteiger partial charge is 0.218 e. The van der Waals surface area contributed by atoms with E-state index >= 15 is 0 Å². The fraction of sp³-hybridized carbons (Fsp3) is 0.800. The molecule has 0 radical (unpaired) electrons. The van der Waals surface area contributed by atoms with Crippen molar-refractivity contribution in [3.05, 3.63) is 0 Å². The molecule has 6 nitrogen and oxygen atoms in total. The van der Waals surface area contributed by atoms with Gasteiger partial charge in [-0.05, 0) is 26.4 Å². The zero-order valence-electron chi connectivity index (χ0n) is 10.6. The number of nitrogens with two attached hydrogens (primary N) is 3. The summed E-state index contributed by atoms with van der Waals surface area (Å²) in [4.78, 5) is 10.1. The van der Waals surface area contributed by atoms with Crippen molar-refractivity contribution >= 4 is 11.9 Å². The second kappa shape index (κ2) is 7.05. The maximum atomic E-state index is 5.61. The Morgan fingerprint density at radius 2 is 1.75 bits per heavy atom. The van der Waals surface area contributed by atoms with Crippen LogP contribution in [-0.4, -0.2) is 43.5 Å². The molecule has 0 amide bonds. The van der Waals surface area contributed by atoms with E-state index in [1.165, 1.54) is 0 Å². The number of aliphatic imine (C=N–C) groups is 2. The van der Waals surface area contributed by atoms with Crippen LogP contribution in [0.5, 0.6) is 0 Å². The molecule has 0 aromatic carbocycles. The Bertz CT molecular complexity index is 242. The number of guanidine groups is 2. The van der Waals surface area contributed by atoms with Crippen LogP contribution in [0.4, 0.5) is 0 Å². The minimum atomic E-state index is -0.0607. The van der Waals surface area contributed by atoms with E-state index in [0.717, 1.165) is 13.0 Å². The molecule has 0 aliphatic heterocycles. The van der Waals surface area contributed by atoms with E-state index in [1.807, 2.05) is 14.1 Å². The first kappa shape index (κ1) is 14.7. The molecule has 0 saturated carbocycles. The van der Waals surface area contributed by atoms with Crippen LogP contribution < -0.4 is 17.2 Å². The van der Waals surface area contributed by atoms with Gasteiger partial charge in [-0.2, -0.15) is 4.99 Å². The van der Waals surface area contributed by atoms with Crippen molar-refractivity contribution < 1.29 is 0 Å². The molecule has 6 N–H and O–H groups in total. The molecular formula is C10H24N6. The van der Waals surface area contributed by atoms with Crippen LogP contribution >= 0.6 is 0 Å². The average Bonchev–Trinajstić information content (AvgIpc) is 1.97. The van der Waals surface area contributed by atoms with Gasteiger partial charge in [0.15, 0.2) is 5.96 Å². The molecule has 6 heteroatoms. The Kier molecular flexibility index (Phi) is 6.48. The first-order valence-corrected chi connectivity index (χ1v) is 5.39. The van der Waals surface area contributed by atoms with Gasteiger partial charge in [0.25, 0.3) is 0 Å². The van der Waals surface area contributed by atoms with Gasteiger partial charge >= 0.3 is 0 Å². The monoisotopic (exact) mass is 228 g/mol. The highest BCUT2D eigenvalue weighted by Crippen LogP contribution is 2.09. The molecule has 1 unspecified atom stereocenters. The summed E-state index contributed by atoms with van der Waals surface area (Å²) in [5.41, 5.74) is 16.1. The number of hydrogen-bond donors (Lipinski definition) is 3. The maximum Gasteiger partial charge on any atom is 0.218 e. The zero-order valence-corrected chi connectivity index (χ0v) is 10.6. The van der Waals surface area contributed by atoms with Crippen LogP contribution in [0.2, 0.25) is 0 Å². The summed E-state index contributed by atoms with van der Waals surface area (Å²) in [5, 5.41) is 0. The zero-order chi connectivity index (χ0) is 12.7. The van der Waals surface area contributed by atoms with E-state index in [0.29, 0.717) is 5.92 Å². The molecule has 0 heterocycles. The van der Waals surface area contributed by atoms with E-state index in [4.69, 9.17) is 17.2 Å². The van der Waals surface area contributed by atoms with Gasteiger partial charge in [-0.1, -0.05) is 13.8 Å². The summed E-state index contributed by atoms with van der Waals surface area (Å²) < 4.78 is 0. The lowest BCUT2D eigenvalue weighted by atomic mass is 10.0. The Morgan fingerprint density at radius 1 is 1.19 bits per heavy atom. The lowest BCUT2D eigenvalue weighted by Gasteiger charge is -2.19. The maximum absolute atomic E-state index is 5.61. The molecular weight excluding hydrogens is 204 g/mol. The molecule has 0 fully saturated rings. The van der Waals surface area contributed by atoms with Crippen LogP contribution in [0.25, 0.3) is 0 Å². The van der Waals surface area contributed by atoms with Crippen molar-refractivity contribution in [3.63, 3.8) is 0 Å². The van der Waals surface area contributed by atoms with Gasteiger partial charge in [0, 0.05) is 6.54 Å². The third kappa shape index (κ3) is 8.05. The predicted molar refractivity (Wildman–Crippen MR) is 69.2 cm³/mol. The fourth-order valence-corrected chi connectivity index (χ4v) is 1.48. The quantitative estimate of drug-likeness (QED) is 0.437. The average molecular weight is 228 g/mol. The van der Waals surface area contributed by atoms with Crippen molar-refractivity contribution in [1.82, 2.24) is 4.90 Å². The second-order valence-electron chi connectivity index (χ2n) is 4.57. The van der Waals surface area contributed by atoms with Gasteiger partial charge < -0.3 is 22.1 Å². The van der Waals surface area contributed by atoms with Crippen LogP contribution in [-0.2, 0) is 0 Å². The number of nitrogens with zero attached hydrogens (tertiary/aromatic N) is 3. The number of hydrogen-bond acceptors (Lipinski definition) is 2. The minimum Gasteiger partial charge on any atom is -0.370 e.